The molecule has 0 aromatic carbocycles. The van der Waals surface area contributed by atoms with E-state index < -0.39 is 5.97 Å². The van der Waals surface area contributed by atoms with E-state index in [2.05, 4.69) is 31.8 Å². The van der Waals surface area contributed by atoms with Crippen LogP contribution in [0.3, 0.4) is 0 Å². The number of rotatable bonds is 7. The van der Waals surface area contributed by atoms with Crippen LogP contribution < -0.4 is 5.32 Å². The molecule has 1 aromatic rings. The average molecular weight is 264 g/mol. The zero-order valence-electron chi connectivity index (χ0n) is 11.4. The number of aromatic nitrogens is 2. The van der Waals surface area contributed by atoms with Crippen LogP contribution in [-0.4, -0.2) is 53.6 Å². The molecule has 0 radical (unpaired) electrons. The summed E-state index contributed by atoms with van der Waals surface area (Å²) >= 11 is 0. The number of ether oxygens (including phenoxy) is 1. The summed E-state index contributed by atoms with van der Waals surface area (Å²) in [4.78, 5) is 21.8. The number of hydrogen-bond donors (Lipinski definition) is 1. The van der Waals surface area contributed by atoms with Gasteiger partial charge in [0.25, 0.3) is 0 Å². The first-order chi connectivity index (χ1) is 9.24. The van der Waals surface area contributed by atoms with E-state index in [1.54, 1.807) is 6.20 Å². The minimum Gasteiger partial charge on any atom is -0.464 e. The molecule has 1 N–H and O–H groups in total. The lowest BCUT2D eigenvalue weighted by atomic mass is 10.4. The van der Waals surface area contributed by atoms with Gasteiger partial charge in [0.2, 0.25) is 0 Å². The highest BCUT2D eigenvalue weighted by Gasteiger charge is 2.27. The number of esters is 1. The standard InChI is InChI=1S/C13H20N4O2/c1-3-17(10-4-5-10)7-6-14-12-9-15-11(8-16-12)13(18)19-2/h8-10H,3-7H2,1-2H3,(H,14,16). The third-order valence-corrected chi connectivity index (χ3v) is 3.22. The molecular weight excluding hydrogens is 244 g/mol. The van der Waals surface area contributed by atoms with Crippen molar-refractivity contribution >= 4 is 11.8 Å². The van der Waals surface area contributed by atoms with Gasteiger partial charge in [-0.15, -0.1) is 0 Å². The van der Waals surface area contributed by atoms with Crippen molar-refractivity contribution in [1.82, 2.24) is 14.9 Å². The van der Waals surface area contributed by atoms with E-state index in [4.69, 9.17) is 0 Å². The van der Waals surface area contributed by atoms with Crippen molar-refractivity contribution in [3.05, 3.63) is 18.1 Å². The van der Waals surface area contributed by atoms with Gasteiger partial charge in [-0.3, -0.25) is 4.90 Å². The van der Waals surface area contributed by atoms with Crippen LogP contribution >= 0.6 is 0 Å². The van der Waals surface area contributed by atoms with Crippen LogP contribution in [0.25, 0.3) is 0 Å². The van der Waals surface area contributed by atoms with Crippen LogP contribution in [0.5, 0.6) is 0 Å². The summed E-state index contributed by atoms with van der Waals surface area (Å²) in [6.07, 6.45) is 5.62. The van der Waals surface area contributed by atoms with Gasteiger partial charge in [0.05, 0.1) is 19.5 Å². The molecule has 2 rings (SSSR count). The van der Waals surface area contributed by atoms with Gasteiger partial charge in [0, 0.05) is 19.1 Å². The van der Waals surface area contributed by atoms with Crippen molar-refractivity contribution in [2.45, 2.75) is 25.8 Å². The Bertz CT molecular complexity index is 417. The van der Waals surface area contributed by atoms with Gasteiger partial charge in [-0.25, -0.2) is 14.8 Å². The second-order valence-electron chi connectivity index (χ2n) is 4.57. The fraction of sp³-hybridized carbons (Fsp3) is 0.615. The molecular formula is C13H20N4O2. The molecule has 0 bridgehead atoms. The van der Waals surface area contributed by atoms with Crippen LogP contribution in [0.15, 0.2) is 12.4 Å². The summed E-state index contributed by atoms with van der Waals surface area (Å²) in [6.45, 7) is 5.10. The second-order valence-corrected chi connectivity index (χ2v) is 4.57. The van der Waals surface area contributed by atoms with Crippen molar-refractivity contribution in [1.29, 1.82) is 0 Å². The second kappa shape index (κ2) is 6.47. The third-order valence-electron chi connectivity index (χ3n) is 3.22. The van der Waals surface area contributed by atoms with Gasteiger partial charge in [-0.2, -0.15) is 0 Å². The Morgan fingerprint density at radius 1 is 1.47 bits per heavy atom. The normalized spacial score (nSPS) is 14.5. The van der Waals surface area contributed by atoms with E-state index in [-0.39, 0.29) is 5.69 Å². The van der Waals surface area contributed by atoms with Crippen LogP contribution in [0, 0.1) is 0 Å². The van der Waals surface area contributed by atoms with Crippen LogP contribution in [-0.2, 0) is 4.74 Å². The fourth-order valence-corrected chi connectivity index (χ4v) is 2.00. The first kappa shape index (κ1) is 13.7. The van der Waals surface area contributed by atoms with Crippen molar-refractivity contribution < 1.29 is 9.53 Å². The van der Waals surface area contributed by atoms with Gasteiger partial charge in [-0.1, -0.05) is 6.92 Å². The Balaban J connectivity index is 1.77. The number of hydrogen-bond acceptors (Lipinski definition) is 6. The maximum atomic E-state index is 11.2. The van der Waals surface area contributed by atoms with Gasteiger partial charge in [0.1, 0.15) is 5.82 Å². The highest BCUT2D eigenvalue weighted by Crippen LogP contribution is 2.25. The third kappa shape index (κ3) is 3.89. The van der Waals surface area contributed by atoms with Crippen LogP contribution in [0.2, 0.25) is 0 Å². The fourth-order valence-electron chi connectivity index (χ4n) is 2.00. The maximum absolute atomic E-state index is 11.2. The molecule has 0 amide bonds. The molecule has 19 heavy (non-hydrogen) atoms. The molecule has 0 saturated heterocycles. The van der Waals surface area contributed by atoms with E-state index in [0.29, 0.717) is 5.82 Å². The number of carbonyl (C=O) groups excluding carboxylic acids is 1. The summed E-state index contributed by atoms with van der Waals surface area (Å²) in [7, 11) is 1.33. The minimum absolute atomic E-state index is 0.223. The molecule has 0 spiro atoms. The Kier molecular flexibility index (Phi) is 4.68. The topological polar surface area (TPSA) is 67.4 Å². The summed E-state index contributed by atoms with van der Waals surface area (Å²) in [5.74, 6) is 0.212. The highest BCUT2D eigenvalue weighted by molar-refractivity contribution is 5.86. The summed E-state index contributed by atoms with van der Waals surface area (Å²) < 4.78 is 4.57. The molecule has 1 heterocycles. The number of carbonyl (C=O) groups is 1. The van der Waals surface area contributed by atoms with Gasteiger partial charge < -0.3 is 10.1 Å². The molecule has 1 aromatic heterocycles. The van der Waals surface area contributed by atoms with E-state index in [1.807, 2.05) is 0 Å². The molecule has 0 unspecified atom stereocenters. The summed E-state index contributed by atoms with van der Waals surface area (Å²) in [5.41, 5.74) is 0.223. The Hall–Kier alpha value is -1.69. The number of nitrogens with one attached hydrogen (secondary N) is 1. The van der Waals surface area contributed by atoms with Crippen molar-refractivity contribution in [3.8, 4) is 0 Å². The lowest BCUT2D eigenvalue weighted by Gasteiger charge is -2.19. The zero-order chi connectivity index (χ0) is 13.7. The van der Waals surface area contributed by atoms with Gasteiger partial charge in [-0.05, 0) is 19.4 Å². The van der Waals surface area contributed by atoms with Crippen molar-refractivity contribution in [3.63, 3.8) is 0 Å². The molecule has 0 aliphatic heterocycles. The first-order valence-corrected chi connectivity index (χ1v) is 6.63. The molecule has 104 valence electrons. The van der Waals surface area contributed by atoms with E-state index >= 15 is 0 Å². The number of anilines is 1. The summed E-state index contributed by atoms with van der Waals surface area (Å²) in [5, 5.41) is 3.21. The Morgan fingerprint density at radius 3 is 2.79 bits per heavy atom. The minimum atomic E-state index is -0.468. The monoisotopic (exact) mass is 264 g/mol. The average Bonchev–Trinajstić information content (AvgIpc) is 3.28. The summed E-state index contributed by atoms with van der Waals surface area (Å²) in [6, 6.07) is 0.777. The molecule has 1 aliphatic carbocycles. The smallest absolute Gasteiger partial charge is 0.358 e. The van der Waals surface area contributed by atoms with Crippen molar-refractivity contribution in [2.75, 3.05) is 32.1 Å². The zero-order valence-corrected chi connectivity index (χ0v) is 11.4. The largest absolute Gasteiger partial charge is 0.464 e. The number of nitrogens with zero attached hydrogens (tertiary/aromatic N) is 3. The van der Waals surface area contributed by atoms with Gasteiger partial charge in [0.15, 0.2) is 5.69 Å². The highest BCUT2D eigenvalue weighted by atomic mass is 16.5. The lowest BCUT2D eigenvalue weighted by molar-refractivity contribution is 0.0593. The number of methoxy groups -OCH3 is 1. The maximum Gasteiger partial charge on any atom is 0.358 e. The van der Waals surface area contributed by atoms with Crippen LogP contribution in [0.1, 0.15) is 30.3 Å². The Labute approximate surface area is 113 Å². The predicted molar refractivity (Wildman–Crippen MR) is 72.1 cm³/mol. The molecule has 1 fully saturated rings. The van der Waals surface area contributed by atoms with Crippen LogP contribution in [0.4, 0.5) is 5.82 Å². The van der Waals surface area contributed by atoms with Gasteiger partial charge >= 0.3 is 5.97 Å². The predicted octanol–water partition coefficient (Wildman–Crippen LogP) is 1.16. The van der Waals surface area contributed by atoms with E-state index in [0.717, 1.165) is 25.7 Å². The number of likely N-dealkylation sites (N-methyl/N-ethyl adjacent to an activating group) is 1. The first-order valence-electron chi connectivity index (χ1n) is 6.63. The van der Waals surface area contributed by atoms with Crippen molar-refractivity contribution in [2.24, 2.45) is 0 Å². The quantitative estimate of drug-likeness (QED) is 0.745. The Morgan fingerprint density at radius 2 is 2.26 bits per heavy atom. The molecule has 6 heteroatoms. The lowest BCUT2D eigenvalue weighted by Crippen LogP contribution is -2.31. The molecule has 1 saturated carbocycles. The molecule has 0 atom stereocenters. The van der Waals surface area contributed by atoms with E-state index in [9.17, 15) is 4.79 Å². The SMILES string of the molecule is CCN(CCNc1cnc(C(=O)OC)cn1)C1CC1. The molecule has 6 nitrogen and oxygen atoms in total. The molecule has 1 aliphatic rings. The van der Waals surface area contributed by atoms with E-state index in [1.165, 1.54) is 26.1 Å².